The van der Waals surface area contributed by atoms with Crippen molar-refractivity contribution in [2.24, 2.45) is 28.2 Å². The number of hydrogen-bond acceptors (Lipinski definition) is 16. The molecule has 0 saturated carbocycles. The number of H-pyrrole nitrogens is 4. The molecule has 9 N–H and O–H groups in total. The molecule has 0 unspecified atom stereocenters. The molecule has 0 radical (unpaired) electrons. The Morgan fingerprint density at radius 2 is 0.743 bits per heavy atom. The number of para-hydroxylation sites is 4. The summed E-state index contributed by atoms with van der Waals surface area (Å²) < 4.78 is 9.26. The molecule has 16 rings (SSSR count). The summed E-state index contributed by atoms with van der Waals surface area (Å²) in [5.41, 5.74) is 19.0. The van der Waals surface area contributed by atoms with Crippen molar-refractivity contribution in [3.8, 4) is 33.8 Å². The smallest absolute Gasteiger partial charge is 0.373 e. The molecule has 0 spiro atoms. The summed E-state index contributed by atoms with van der Waals surface area (Å²) in [7, 11) is 15.3. The predicted octanol–water partition coefficient (Wildman–Crippen LogP) is 19.1. The van der Waals surface area contributed by atoms with Gasteiger partial charge in [-0.05, 0) is 103 Å². The third-order valence-electron chi connectivity index (χ3n) is 17.4. The molecule has 12 heterocycles. The molecule has 12 aromatic heterocycles. The van der Waals surface area contributed by atoms with E-state index in [1.54, 1.807) is 17.2 Å². The van der Waals surface area contributed by atoms with Gasteiger partial charge in [0.05, 0.1) is 39.5 Å². The molecule has 0 fully saturated rings. The second-order valence-corrected chi connectivity index (χ2v) is 24.3. The van der Waals surface area contributed by atoms with E-state index in [2.05, 4.69) is 228 Å². The lowest BCUT2D eigenvalue weighted by Gasteiger charge is -2.04. The minimum Gasteiger partial charge on any atom is -0.390 e. The van der Waals surface area contributed by atoms with Gasteiger partial charge >= 0.3 is 6.15 Å². The summed E-state index contributed by atoms with van der Waals surface area (Å²) in [4.78, 5) is 76.4. The summed E-state index contributed by atoms with van der Waals surface area (Å²) in [5.74, 6) is 3.21. The van der Waals surface area contributed by atoms with Crippen molar-refractivity contribution in [1.29, 1.82) is 0 Å². The van der Waals surface area contributed by atoms with Crippen molar-refractivity contribution in [3.63, 3.8) is 0 Å². The fourth-order valence-corrected chi connectivity index (χ4v) is 13.9. The van der Waals surface area contributed by atoms with Crippen LogP contribution in [0.15, 0.2) is 159 Å². The van der Waals surface area contributed by atoms with Gasteiger partial charge in [-0.15, -0.1) is 6.58 Å². The number of halogens is 1. The van der Waals surface area contributed by atoms with Gasteiger partial charge in [-0.3, -0.25) is 4.79 Å². The molecule has 0 aliphatic carbocycles. The minimum atomic E-state index is -0.0687. The molecule has 0 atom stereocenters. The number of carbonyl (C=O) groups excluding carboxylic acids is 3. The molecule has 0 bridgehead atoms. The average Bonchev–Trinajstić information content (AvgIpc) is 1.61. The fraction of sp³-hybridized carbons (Fsp3) is 0.286. The number of rotatable bonds is 12. The van der Waals surface area contributed by atoms with Crippen LogP contribution in [-0.4, -0.2) is 124 Å². The first-order valence-electron chi connectivity index (χ1n) is 36.7. The summed E-state index contributed by atoms with van der Waals surface area (Å²) in [6.45, 7) is 27.9. The standard InChI is InChI=1S/C18H19N5.C17H17N5O.C17H15N5O.C10H13IN4.C9H9N.C4H8.4C2H6.CO2/c1-4-14-15(13-9-11-7-5-6-8-12(11)22-13)16-17(19-2)20-10-21-18(16)23(14)3;2*1-18-16-15-14(12-7-10-5-3-4-6-11(10)21-12)13(8-23)22(2)17(15)20-9-19-16;1-4-6-8(11)7-9(12-2)13-5-14-10(7)15(6)3;1-7-6-8-4-2-3-5-9(8)10-7;1-3-4-2;4*1-2;2-1-3/h5-10,22H,4H2,1-3H3,(H,19,20,21);3-7,9,21,23H,8H2,1-2H3,(H,18,19,20);3-9,21H,1-2H3,(H,18,19,20);5H,4H2,1-3H3,(H,12,13,14);2-6,10H,1H3;3H,1,4H2,2H3;4*1-2H3;. The van der Waals surface area contributed by atoms with Crippen LogP contribution < -0.4 is 21.3 Å². The Kier molecular flexibility index (Phi) is 33.6. The molecular formula is C84H105IN20O4. The zero-order valence-corrected chi connectivity index (χ0v) is 68.6. The van der Waals surface area contributed by atoms with E-state index in [0.29, 0.717) is 11.5 Å². The first-order chi connectivity index (χ1) is 53.1. The van der Waals surface area contributed by atoms with E-state index in [-0.39, 0.29) is 12.8 Å². The second kappa shape index (κ2) is 42.5. The van der Waals surface area contributed by atoms with Gasteiger partial charge < -0.3 is 64.6 Å². The number of aliphatic hydroxyl groups excluding tert-OH is 1. The number of aryl methyl sites for hydroxylation is 5. The molecule has 25 heteroatoms. The zero-order chi connectivity index (χ0) is 80.0. The van der Waals surface area contributed by atoms with Crippen molar-refractivity contribution >= 4 is 146 Å². The van der Waals surface area contributed by atoms with Crippen LogP contribution >= 0.6 is 22.6 Å². The minimum absolute atomic E-state index is 0.0687. The van der Waals surface area contributed by atoms with Gasteiger partial charge in [0, 0.05) is 149 Å². The molecule has 4 aromatic carbocycles. The van der Waals surface area contributed by atoms with Crippen molar-refractivity contribution in [3.05, 3.63) is 191 Å². The molecule has 0 amide bonds. The maximum absolute atomic E-state index is 11.7. The zero-order valence-electron chi connectivity index (χ0n) is 66.5. The van der Waals surface area contributed by atoms with Gasteiger partial charge in [0.2, 0.25) is 0 Å². The topological polar surface area (TPSA) is 306 Å². The highest BCUT2D eigenvalue weighted by Crippen LogP contribution is 2.41. The van der Waals surface area contributed by atoms with E-state index in [9.17, 15) is 9.90 Å². The Morgan fingerprint density at radius 3 is 1.07 bits per heavy atom. The maximum Gasteiger partial charge on any atom is 0.373 e. The Hall–Kier alpha value is -11.8. The lowest BCUT2D eigenvalue weighted by atomic mass is 10.1. The Labute approximate surface area is 651 Å². The van der Waals surface area contributed by atoms with E-state index in [1.165, 1.54) is 55.2 Å². The van der Waals surface area contributed by atoms with Crippen molar-refractivity contribution in [1.82, 2.24) is 78.1 Å². The van der Waals surface area contributed by atoms with E-state index in [1.807, 2.05) is 163 Å². The van der Waals surface area contributed by atoms with Gasteiger partial charge in [-0.25, -0.2) is 39.9 Å². The quantitative estimate of drug-likeness (QED) is 0.0312. The van der Waals surface area contributed by atoms with E-state index >= 15 is 0 Å². The van der Waals surface area contributed by atoms with Crippen molar-refractivity contribution < 1.29 is 19.5 Å². The Balaban J connectivity index is 0.000000207. The van der Waals surface area contributed by atoms with Crippen molar-refractivity contribution in [2.45, 2.75) is 109 Å². The largest absolute Gasteiger partial charge is 0.390 e. The lowest BCUT2D eigenvalue weighted by molar-refractivity contribution is -0.191. The highest BCUT2D eigenvalue weighted by Gasteiger charge is 2.25. The number of allylic oxidation sites excluding steroid dienone is 1. The highest BCUT2D eigenvalue weighted by atomic mass is 127. The number of aliphatic hydroxyl groups is 1. The number of fused-ring (bicyclic) bond motifs is 8. The van der Waals surface area contributed by atoms with Crippen LogP contribution in [0.3, 0.4) is 0 Å². The molecule has 24 nitrogen and oxygen atoms in total. The molecule has 0 aliphatic heterocycles. The maximum atomic E-state index is 11.7. The Bertz CT molecular complexity index is 5330. The third kappa shape index (κ3) is 18.8. The fourth-order valence-electron chi connectivity index (χ4n) is 12.7. The predicted molar refractivity (Wildman–Crippen MR) is 461 cm³/mol. The van der Waals surface area contributed by atoms with Crippen LogP contribution in [0.1, 0.15) is 116 Å². The highest BCUT2D eigenvalue weighted by molar-refractivity contribution is 14.1. The first kappa shape index (κ1) is 86.1. The number of nitrogens with zero attached hydrogens (tertiary/aromatic N) is 12. The van der Waals surface area contributed by atoms with Gasteiger partial charge in [0.25, 0.3) is 0 Å². The number of aldehydes is 1. The van der Waals surface area contributed by atoms with E-state index < -0.39 is 0 Å². The second-order valence-electron chi connectivity index (χ2n) is 23.2. The van der Waals surface area contributed by atoms with Crippen LogP contribution in [0.5, 0.6) is 0 Å². The van der Waals surface area contributed by atoms with E-state index in [4.69, 9.17) is 9.59 Å². The third-order valence-corrected chi connectivity index (χ3v) is 18.6. The number of benzene rings is 4. The lowest BCUT2D eigenvalue weighted by Crippen LogP contribution is -1.98. The summed E-state index contributed by atoms with van der Waals surface area (Å²) in [6.07, 6.45) is 12.3. The molecule has 0 aliphatic rings. The van der Waals surface area contributed by atoms with Crippen LogP contribution in [0.2, 0.25) is 0 Å². The van der Waals surface area contributed by atoms with Gasteiger partial charge in [-0.1, -0.05) is 155 Å². The first-order valence-corrected chi connectivity index (χ1v) is 37.8. The SMILES string of the molecule is C=CCC.CC.CC.CC.CC.CCc1c(-c2cc3ccccc3[nH]2)c2c(NC)ncnc2n1C.CCc1c(I)c2c(NC)ncnc2n1C.CNc1ncnc2c1c(-c1cc3ccccc3[nH]1)c(C=O)n2C.CNc1ncnc2c1c(-c1cc3ccccc3[nH]1)c(CO)n2C.Cc1cc2ccccc2[nH]1.O=C=O. The number of aromatic amines is 4. The number of anilines is 4. The Morgan fingerprint density at radius 1 is 0.450 bits per heavy atom. The van der Waals surface area contributed by atoms with Gasteiger partial charge in [-0.2, -0.15) is 9.59 Å². The number of carbonyl (C=O) groups is 1. The number of aromatic nitrogens is 16. The molecule has 16 aromatic rings. The van der Waals surface area contributed by atoms with Crippen LogP contribution in [-0.2, 0) is 57.2 Å². The molecular weight excluding hydrogens is 1480 g/mol. The van der Waals surface area contributed by atoms with E-state index in [0.717, 1.165) is 148 Å². The van der Waals surface area contributed by atoms with Crippen molar-refractivity contribution in [2.75, 3.05) is 49.5 Å². The normalized spacial score (nSPS) is 10.2. The van der Waals surface area contributed by atoms with Crippen LogP contribution in [0, 0.1) is 10.5 Å². The summed E-state index contributed by atoms with van der Waals surface area (Å²) >= 11 is 2.37. The summed E-state index contributed by atoms with van der Waals surface area (Å²) in [5, 5.41) is 31.1. The molecule has 0 saturated heterocycles. The summed E-state index contributed by atoms with van der Waals surface area (Å²) in [6, 6.07) is 41.3. The molecule has 572 valence electrons. The van der Waals surface area contributed by atoms with Gasteiger partial charge in [0.1, 0.15) is 71.2 Å². The van der Waals surface area contributed by atoms with Gasteiger partial charge in [0.15, 0.2) is 6.29 Å². The van der Waals surface area contributed by atoms with Crippen LogP contribution in [0.4, 0.5) is 23.3 Å². The number of hydrogen-bond donors (Lipinski definition) is 9. The monoisotopic (exact) mass is 1580 g/mol. The number of nitrogens with one attached hydrogen (secondary N) is 8. The average molecular weight is 1590 g/mol. The van der Waals surface area contributed by atoms with Crippen LogP contribution in [0.25, 0.3) is 122 Å². The molecule has 109 heavy (non-hydrogen) atoms.